The summed E-state index contributed by atoms with van der Waals surface area (Å²) in [6.07, 6.45) is 19.4. The summed E-state index contributed by atoms with van der Waals surface area (Å²) in [6, 6.07) is 0. The van der Waals surface area contributed by atoms with Gasteiger partial charge in [-0.25, -0.2) is 0 Å². The Morgan fingerprint density at radius 1 is 1.14 bits per heavy atom. The van der Waals surface area contributed by atoms with E-state index in [-0.39, 0.29) is 11.8 Å². The van der Waals surface area contributed by atoms with E-state index >= 15 is 0 Å². The van der Waals surface area contributed by atoms with Crippen LogP contribution in [-0.4, -0.2) is 50.2 Å². The first kappa shape index (κ1) is 27.5. The van der Waals surface area contributed by atoms with Crippen LogP contribution in [0.5, 0.6) is 0 Å². The van der Waals surface area contributed by atoms with Gasteiger partial charge in [-0.05, 0) is 81.2 Å². The van der Waals surface area contributed by atoms with Crippen molar-refractivity contribution in [2.45, 2.75) is 57.8 Å². The zero-order chi connectivity index (χ0) is 25.3. The van der Waals surface area contributed by atoms with Gasteiger partial charge in [0.05, 0.1) is 23.3 Å². The summed E-state index contributed by atoms with van der Waals surface area (Å²) in [4.78, 5) is 15.8. The molecule has 7 heteroatoms. The van der Waals surface area contributed by atoms with Crippen molar-refractivity contribution in [3.05, 3.63) is 57.3 Å². The number of nitrogens with zero attached hydrogens (tertiary/aromatic N) is 1. The largest absolute Gasteiger partial charge is 0.401 e. The number of carbonyl (C=O) groups excluding carboxylic acids is 1. The maximum Gasteiger partial charge on any atom is 0.249 e. The van der Waals surface area contributed by atoms with Crippen LogP contribution in [0.25, 0.3) is 0 Å². The molecule has 0 radical (unpaired) electrons. The Morgan fingerprint density at radius 2 is 1.92 bits per heavy atom. The van der Waals surface area contributed by atoms with E-state index in [1.165, 1.54) is 0 Å². The number of rotatable bonds is 9. The lowest BCUT2D eigenvalue weighted by Gasteiger charge is -2.34. The van der Waals surface area contributed by atoms with Crippen LogP contribution in [0, 0.1) is 17.8 Å². The Balaban J connectivity index is 1.40. The van der Waals surface area contributed by atoms with E-state index in [0.29, 0.717) is 40.4 Å². The van der Waals surface area contributed by atoms with Crippen LogP contribution in [0.1, 0.15) is 57.8 Å². The molecule has 1 atom stereocenters. The first-order chi connectivity index (χ1) is 17.5. The fourth-order valence-corrected chi connectivity index (χ4v) is 6.41. The summed E-state index contributed by atoms with van der Waals surface area (Å²) in [5, 5.41) is 4.31. The lowest BCUT2D eigenvalue weighted by molar-refractivity contribution is -0.117. The summed E-state index contributed by atoms with van der Waals surface area (Å²) in [7, 11) is 0. The normalized spacial score (nSPS) is 28.1. The minimum absolute atomic E-state index is 0.0559. The minimum atomic E-state index is -0.0559. The van der Waals surface area contributed by atoms with Crippen molar-refractivity contribution in [3.8, 4) is 0 Å². The van der Waals surface area contributed by atoms with Gasteiger partial charge in [0.2, 0.25) is 5.91 Å². The van der Waals surface area contributed by atoms with Crippen LogP contribution in [0.15, 0.2) is 57.3 Å². The predicted molar refractivity (Wildman–Crippen MR) is 149 cm³/mol. The summed E-state index contributed by atoms with van der Waals surface area (Å²) in [5.41, 5.74) is 9.24. The monoisotopic (exact) mass is 533 g/mol. The fourth-order valence-electron chi connectivity index (χ4n) is 5.92. The molecular weight excluding hydrogens is 493 g/mol. The number of allylic oxidation sites excluding steroid dienone is 9. The van der Waals surface area contributed by atoms with Crippen molar-refractivity contribution in [2.24, 2.45) is 23.5 Å². The van der Waals surface area contributed by atoms with E-state index in [0.717, 1.165) is 95.5 Å². The highest BCUT2D eigenvalue weighted by Crippen LogP contribution is 2.40. The molecule has 198 valence electrons. The number of carbonyl (C=O) groups is 1. The third-order valence-corrected chi connectivity index (χ3v) is 9.08. The van der Waals surface area contributed by atoms with Crippen molar-refractivity contribution >= 4 is 29.1 Å². The van der Waals surface area contributed by atoms with Gasteiger partial charge in [0.1, 0.15) is 0 Å². The first-order valence-corrected chi connectivity index (χ1v) is 14.4. The number of nitrogens with one attached hydrogen (secondary N) is 1. The molecule has 4 aliphatic rings. The SMILES string of the molecule is N/C(=C(/CC1=C(Cl)C(Cl)=CCC1)C(=O)NCCCN1CCOCC1)C1CCC(C2C=CC=CC2)CC1. The second-order valence-electron chi connectivity index (χ2n) is 10.5. The van der Waals surface area contributed by atoms with Crippen LogP contribution in [0.3, 0.4) is 0 Å². The lowest BCUT2D eigenvalue weighted by atomic mass is 9.72. The molecular formula is C29H41Cl2N3O2. The molecule has 0 aromatic rings. The van der Waals surface area contributed by atoms with Gasteiger partial charge in [0.15, 0.2) is 0 Å². The Hall–Kier alpha value is -1.53. The van der Waals surface area contributed by atoms with E-state index in [2.05, 4.69) is 34.5 Å². The summed E-state index contributed by atoms with van der Waals surface area (Å²) in [6.45, 7) is 5.10. The number of amides is 1. The van der Waals surface area contributed by atoms with Gasteiger partial charge in [-0.15, -0.1) is 0 Å². The lowest BCUT2D eigenvalue weighted by Crippen LogP contribution is -2.38. The molecule has 5 nitrogen and oxygen atoms in total. The van der Waals surface area contributed by atoms with Gasteiger partial charge >= 0.3 is 0 Å². The van der Waals surface area contributed by atoms with Gasteiger partial charge in [0, 0.05) is 37.3 Å². The molecule has 3 N–H and O–H groups in total. The molecule has 1 heterocycles. The highest BCUT2D eigenvalue weighted by Gasteiger charge is 2.30. The van der Waals surface area contributed by atoms with E-state index in [4.69, 9.17) is 33.7 Å². The summed E-state index contributed by atoms with van der Waals surface area (Å²) in [5.74, 6) is 1.52. The highest BCUT2D eigenvalue weighted by atomic mass is 35.5. The quantitative estimate of drug-likeness (QED) is 0.291. The van der Waals surface area contributed by atoms with Gasteiger partial charge in [-0.1, -0.05) is 53.6 Å². The second kappa shape index (κ2) is 13.9. The van der Waals surface area contributed by atoms with E-state index in [1.54, 1.807) is 0 Å². The molecule has 1 amide bonds. The maximum absolute atomic E-state index is 13.4. The van der Waals surface area contributed by atoms with Crippen molar-refractivity contribution in [1.82, 2.24) is 10.2 Å². The number of hydrogen-bond donors (Lipinski definition) is 2. The summed E-state index contributed by atoms with van der Waals surface area (Å²) < 4.78 is 5.42. The molecule has 36 heavy (non-hydrogen) atoms. The third kappa shape index (κ3) is 7.50. The number of hydrogen-bond acceptors (Lipinski definition) is 4. The fraction of sp³-hybridized carbons (Fsp3) is 0.621. The third-order valence-electron chi connectivity index (χ3n) is 8.17. The number of halogens is 2. The molecule has 0 aromatic carbocycles. The van der Waals surface area contributed by atoms with Gasteiger partial charge in [-0.2, -0.15) is 0 Å². The molecule has 1 unspecified atom stereocenters. The van der Waals surface area contributed by atoms with Crippen LogP contribution in [0.2, 0.25) is 0 Å². The van der Waals surface area contributed by atoms with E-state index < -0.39 is 0 Å². The van der Waals surface area contributed by atoms with Crippen LogP contribution < -0.4 is 11.1 Å². The number of morpholine rings is 1. The number of ether oxygens (including phenoxy) is 1. The standard InChI is InChI=1S/C29H41Cl2N3O2/c30-26-9-4-8-24(27(26)31)20-25(29(35)33-14-5-15-34-16-18-36-19-17-34)28(32)23-12-10-22(11-13-23)21-6-2-1-3-7-21/h1-3,6,9,21-23H,4-5,7-8,10-20,32H2,(H,33,35)/b28-25-. The smallest absolute Gasteiger partial charge is 0.249 e. The summed E-state index contributed by atoms with van der Waals surface area (Å²) >= 11 is 12.9. The van der Waals surface area contributed by atoms with Gasteiger partial charge < -0.3 is 15.8 Å². The molecule has 0 spiro atoms. The zero-order valence-corrected chi connectivity index (χ0v) is 22.8. The van der Waals surface area contributed by atoms with Crippen LogP contribution in [-0.2, 0) is 9.53 Å². The molecule has 0 bridgehead atoms. The molecule has 0 aromatic heterocycles. The number of nitrogens with two attached hydrogens (primary N) is 1. The minimum Gasteiger partial charge on any atom is -0.401 e. The van der Waals surface area contributed by atoms with Crippen LogP contribution in [0.4, 0.5) is 0 Å². The molecule has 1 saturated carbocycles. The highest BCUT2D eigenvalue weighted by molar-refractivity contribution is 6.44. The van der Waals surface area contributed by atoms with Crippen molar-refractivity contribution in [2.75, 3.05) is 39.4 Å². The Bertz CT molecular complexity index is 923. The average molecular weight is 535 g/mol. The average Bonchev–Trinajstić information content (AvgIpc) is 2.92. The Labute approximate surface area is 226 Å². The molecule has 2 fully saturated rings. The first-order valence-electron chi connectivity index (χ1n) is 13.7. The second-order valence-corrected chi connectivity index (χ2v) is 11.3. The van der Waals surface area contributed by atoms with Gasteiger partial charge in [0.25, 0.3) is 0 Å². The molecule has 4 rings (SSSR count). The van der Waals surface area contributed by atoms with E-state index in [9.17, 15) is 4.79 Å². The molecule has 1 saturated heterocycles. The van der Waals surface area contributed by atoms with Crippen molar-refractivity contribution in [3.63, 3.8) is 0 Å². The topological polar surface area (TPSA) is 67.6 Å². The molecule has 3 aliphatic carbocycles. The Kier molecular flexibility index (Phi) is 10.6. The van der Waals surface area contributed by atoms with Crippen molar-refractivity contribution in [1.29, 1.82) is 0 Å². The van der Waals surface area contributed by atoms with E-state index in [1.807, 2.05) is 6.08 Å². The Morgan fingerprint density at radius 3 is 2.64 bits per heavy atom. The van der Waals surface area contributed by atoms with Crippen molar-refractivity contribution < 1.29 is 9.53 Å². The molecule has 1 aliphatic heterocycles. The van der Waals surface area contributed by atoms with Crippen LogP contribution >= 0.6 is 23.2 Å². The maximum atomic E-state index is 13.4. The zero-order valence-electron chi connectivity index (χ0n) is 21.3. The predicted octanol–water partition coefficient (Wildman–Crippen LogP) is 5.78. The van der Waals surface area contributed by atoms with Gasteiger partial charge in [-0.3, -0.25) is 9.69 Å².